The van der Waals surface area contributed by atoms with E-state index >= 15 is 0 Å². The van der Waals surface area contributed by atoms with Gasteiger partial charge in [0.1, 0.15) is 18.1 Å². The number of halogens is 1. The van der Waals surface area contributed by atoms with Crippen molar-refractivity contribution in [3.63, 3.8) is 0 Å². The average molecular weight is 405 g/mol. The molecule has 0 saturated carbocycles. The molecule has 0 saturated heterocycles. The van der Waals surface area contributed by atoms with Crippen molar-refractivity contribution < 1.29 is 23.7 Å². The lowest BCUT2D eigenvalue weighted by molar-refractivity contribution is 0.100. The van der Waals surface area contributed by atoms with E-state index in [1.165, 1.54) is 0 Å². The lowest BCUT2D eigenvalue weighted by Gasteiger charge is -2.19. The summed E-state index contributed by atoms with van der Waals surface area (Å²) in [5.41, 5.74) is 1.79. The smallest absolute Gasteiger partial charge is 0.196 e. The second-order valence-electron chi connectivity index (χ2n) is 5.38. The summed E-state index contributed by atoms with van der Waals surface area (Å²) in [5, 5.41) is 0. The zero-order valence-electron chi connectivity index (χ0n) is 14.1. The summed E-state index contributed by atoms with van der Waals surface area (Å²) in [6.45, 7) is 0.199. The van der Waals surface area contributed by atoms with Crippen LogP contribution in [0, 0.1) is 0 Å². The molecule has 1 aliphatic rings. The van der Waals surface area contributed by atoms with Crippen molar-refractivity contribution in [1.29, 1.82) is 0 Å². The van der Waals surface area contributed by atoms with Crippen molar-refractivity contribution in [1.82, 2.24) is 0 Å². The van der Waals surface area contributed by atoms with Gasteiger partial charge in [-0.15, -0.1) is 0 Å². The highest BCUT2D eigenvalue weighted by Gasteiger charge is 2.24. The summed E-state index contributed by atoms with van der Waals surface area (Å²) in [5.74, 6) is 2.21. The normalized spacial score (nSPS) is 14.7. The molecule has 0 bridgehead atoms. The van der Waals surface area contributed by atoms with E-state index in [2.05, 4.69) is 15.9 Å². The van der Waals surface area contributed by atoms with Crippen molar-refractivity contribution in [2.75, 3.05) is 27.9 Å². The number of ketones is 1. The Morgan fingerprint density at radius 1 is 1.00 bits per heavy atom. The van der Waals surface area contributed by atoms with Crippen LogP contribution in [0.5, 0.6) is 23.0 Å². The van der Waals surface area contributed by atoms with Gasteiger partial charge in [-0.25, -0.2) is 0 Å². The van der Waals surface area contributed by atoms with Crippen LogP contribution in [0.3, 0.4) is 0 Å². The SMILES string of the molecule is COc1cc(OC)c(OC)cc1/C=C1\COc2ccc(Br)cc2C1=O. The first kappa shape index (κ1) is 17.4. The summed E-state index contributed by atoms with van der Waals surface area (Å²) >= 11 is 3.38. The summed E-state index contributed by atoms with van der Waals surface area (Å²) in [7, 11) is 4.68. The predicted molar refractivity (Wildman–Crippen MR) is 98.0 cm³/mol. The molecule has 0 aromatic heterocycles. The van der Waals surface area contributed by atoms with Gasteiger partial charge in [-0.2, -0.15) is 0 Å². The average Bonchev–Trinajstić information content (AvgIpc) is 2.63. The number of hydrogen-bond acceptors (Lipinski definition) is 5. The first-order chi connectivity index (χ1) is 12.1. The highest BCUT2D eigenvalue weighted by Crippen LogP contribution is 2.37. The molecule has 2 aromatic carbocycles. The Morgan fingerprint density at radius 3 is 2.36 bits per heavy atom. The van der Waals surface area contributed by atoms with E-state index in [9.17, 15) is 4.79 Å². The first-order valence-corrected chi connectivity index (χ1v) is 8.34. The molecule has 6 heteroatoms. The molecule has 0 fully saturated rings. The second kappa shape index (κ2) is 7.19. The molecule has 0 aliphatic carbocycles. The van der Waals surface area contributed by atoms with E-state index in [0.29, 0.717) is 39.7 Å². The number of Topliss-reactive ketones (excluding diaryl/α,β-unsaturated/α-hetero) is 1. The van der Waals surface area contributed by atoms with Crippen molar-refractivity contribution in [3.05, 3.63) is 51.5 Å². The molecule has 2 aromatic rings. The minimum atomic E-state index is -0.0700. The van der Waals surface area contributed by atoms with Crippen LogP contribution >= 0.6 is 15.9 Å². The maximum atomic E-state index is 12.8. The Hall–Kier alpha value is -2.47. The molecule has 25 heavy (non-hydrogen) atoms. The number of carbonyl (C=O) groups excluding carboxylic acids is 1. The lowest BCUT2D eigenvalue weighted by atomic mass is 9.98. The van der Waals surface area contributed by atoms with Gasteiger partial charge in [-0.05, 0) is 30.3 Å². The van der Waals surface area contributed by atoms with Gasteiger partial charge < -0.3 is 18.9 Å². The summed E-state index contributed by atoms with van der Waals surface area (Å²) in [6, 6.07) is 8.89. The highest BCUT2D eigenvalue weighted by atomic mass is 79.9. The van der Waals surface area contributed by atoms with Crippen LogP contribution in [-0.4, -0.2) is 33.7 Å². The van der Waals surface area contributed by atoms with E-state index < -0.39 is 0 Å². The second-order valence-corrected chi connectivity index (χ2v) is 6.29. The molecule has 130 valence electrons. The third kappa shape index (κ3) is 3.35. The van der Waals surface area contributed by atoms with Crippen LogP contribution in [0.2, 0.25) is 0 Å². The van der Waals surface area contributed by atoms with Crippen LogP contribution in [0.25, 0.3) is 6.08 Å². The van der Waals surface area contributed by atoms with Gasteiger partial charge in [-0.1, -0.05) is 15.9 Å². The molecule has 0 spiro atoms. The number of fused-ring (bicyclic) bond motifs is 1. The fourth-order valence-electron chi connectivity index (χ4n) is 2.66. The Kier molecular flexibility index (Phi) is 4.99. The number of benzene rings is 2. The molecular weight excluding hydrogens is 388 g/mol. The molecule has 1 aliphatic heterocycles. The molecule has 1 heterocycles. The van der Waals surface area contributed by atoms with Gasteiger partial charge in [0.25, 0.3) is 0 Å². The topological polar surface area (TPSA) is 54.0 Å². The molecule has 0 atom stereocenters. The monoisotopic (exact) mass is 404 g/mol. The highest BCUT2D eigenvalue weighted by molar-refractivity contribution is 9.10. The van der Waals surface area contributed by atoms with E-state index in [0.717, 1.165) is 4.47 Å². The summed E-state index contributed by atoms with van der Waals surface area (Å²) < 4.78 is 22.6. The Morgan fingerprint density at radius 2 is 1.68 bits per heavy atom. The maximum absolute atomic E-state index is 12.8. The number of carbonyl (C=O) groups is 1. The lowest BCUT2D eigenvalue weighted by Crippen LogP contribution is -2.19. The molecule has 0 N–H and O–H groups in total. The Labute approximate surface area is 154 Å². The summed E-state index contributed by atoms with van der Waals surface area (Å²) in [4.78, 5) is 12.8. The molecule has 5 nitrogen and oxygen atoms in total. The molecule has 0 unspecified atom stereocenters. The number of ether oxygens (including phenoxy) is 4. The molecule has 3 rings (SSSR count). The number of hydrogen-bond donors (Lipinski definition) is 0. The Balaban J connectivity index is 2.05. The van der Waals surface area contributed by atoms with Gasteiger partial charge in [-0.3, -0.25) is 4.79 Å². The van der Waals surface area contributed by atoms with Crippen molar-refractivity contribution in [3.8, 4) is 23.0 Å². The van der Waals surface area contributed by atoms with Gasteiger partial charge in [0.2, 0.25) is 0 Å². The van der Waals surface area contributed by atoms with E-state index in [4.69, 9.17) is 18.9 Å². The fourth-order valence-corrected chi connectivity index (χ4v) is 3.02. The van der Waals surface area contributed by atoms with Crippen LogP contribution in [0.15, 0.2) is 40.4 Å². The van der Waals surface area contributed by atoms with Gasteiger partial charge in [0.15, 0.2) is 17.3 Å². The third-order valence-corrected chi connectivity index (χ3v) is 4.42. The largest absolute Gasteiger partial charge is 0.496 e. The zero-order chi connectivity index (χ0) is 18.0. The number of methoxy groups -OCH3 is 3. The first-order valence-electron chi connectivity index (χ1n) is 7.55. The van der Waals surface area contributed by atoms with Crippen LogP contribution < -0.4 is 18.9 Å². The van der Waals surface area contributed by atoms with E-state index in [-0.39, 0.29) is 12.4 Å². The molecular formula is C19H17BrO5. The van der Waals surface area contributed by atoms with E-state index in [1.807, 2.05) is 6.07 Å². The van der Waals surface area contributed by atoms with Crippen molar-refractivity contribution in [2.24, 2.45) is 0 Å². The fraction of sp³-hybridized carbons (Fsp3) is 0.211. The van der Waals surface area contributed by atoms with Gasteiger partial charge in [0, 0.05) is 21.7 Å². The number of rotatable bonds is 4. The van der Waals surface area contributed by atoms with Crippen LogP contribution in [-0.2, 0) is 0 Å². The molecule has 0 radical (unpaired) electrons. The van der Waals surface area contributed by atoms with Crippen LogP contribution in [0.4, 0.5) is 0 Å². The predicted octanol–water partition coefficient (Wildman–Crippen LogP) is 4.13. The maximum Gasteiger partial charge on any atom is 0.196 e. The quantitative estimate of drug-likeness (QED) is 0.716. The Bertz CT molecular complexity index is 857. The van der Waals surface area contributed by atoms with E-state index in [1.54, 1.807) is 51.7 Å². The standard InChI is InChI=1S/C19H17BrO5/c1-22-16-9-18(24-3)17(23-2)7-11(16)6-12-10-25-15-5-4-13(20)8-14(15)19(12)21/h4-9H,10H2,1-3H3/b12-6+. The third-order valence-electron chi connectivity index (χ3n) is 3.93. The van der Waals surface area contributed by atoms with Crippen molar-refractivity contribution >= 4 is 27.8 Å². The molecule has 0 amide bonds. The van der Waals surface area contributed by atoms with Crippen LogP contribution in [0.1, 0.15) is 15.9 Å². The minimum Gasteiger partial charge on any atom is -0.496 e. The van der Waals surface area contributed by atoms with Gasteiger partial charge >= 0.3 is 0 Å². The van der Waals surface area contributed by atoms with Crippen molar-refractivity contribution in [2.45, 2.75) is 0 Å². The summed E-state index contributed by atoms with van der Waals surface area (Å²) in [6.07, 6.45) is 1.76. The zero-order valence-corrected chi connectivity index (χ0v) is 15.7. The van der Waals surface area contributed by atoms with Gasteiger partial charge in [0.05, 0.1) is 26.9 Å². The minimum absolute atomic E-state index is 0.0700.